The standard InChI is InChI=1S/C19H25ClIN7O/c1-27-12-14(10-23-27)25-18-22-11-15(20)16(26-18)24-13-2-4-19(5-3-13)6-8-28(9-7-19)17(21)29/h10-13H,2-9H2,1H3,(H2,22,24,25,26). The van der Waals surface area contributed by atoms with E-state index in [1.165, 1.54) is 12.8 Å². The maximum atomic E-state index is 11.6. The minimum absolute atomic E-state index is 0.168. The number of hydrogen-bond acceptors (Lipinski definition) is 6. The molecular formula is C19H25ClIN7O. The Labute approximate surface area is 188 Å². The molecule has 4 rings (SSSR count). The van der Waals surface area contributed by atoms with Crippen LogP contribution in [0.3, 0.4) is 0 Å². The molecule has 8 nitrogen and oxygen atoms in total. The van der Waals surface area contributed by atoms with Gasteiger partial charge in [0.2, 0.25) is 5.95 Å². The summed E-state index contributed by atoms with van der Waals surface area (Å²) in [5, 5.41) is 11.3. The van der Waals surface area contributed by atoms with E-state index in [0.717, 1.165) is 44.5 Å². The molecule has 29 heavy (non-hydrogen) atoms. The van der Waals surface area contributed by atoms with Crippen molar-refractivity contribution in [2.75, 3.05) is 23.7 Å². The van der Waals surface area contributed by atoms with Crippen LogP contribution in [-0.4, -0.2) is 47.7 Å². The number of rotatable bonds is 4. The fraction of sp³-hybridized carbons (Fsp3) is 0.579. The minimum atomic E-state index is 0.168. The van der Waals surface area contributed by atoms with Gasteiger partial charge in [-0.15, -0.1) is 0 Å². The molecule has 0 aromatic carbocycles. The van der Waals surface area contributed by atoms with Gasteiger partial charge in [-0.25, -0.2) is 4.98 Å². The summed E-state index contributed by atoms with van der Waals surface area (Å²) in [4.78, 5) is 22.4. The predicted molar refractivity (Wildman–Crippen MR) is 122 cm³/mol. The van der Waals surface area contributed by atoms with Crippen molar-refractivity contribution in [2.45, 2.75) is 44.6 Å². The molecule has 0 radical (unpaired) electrons. The lowest BCUT2D eigenvalue weighted by Gasteiger charge is -2.45. The van der Waals surface area contributed by atoms with Gasteiger partial charge in [0.15, 0.2) is 5.82 Å². The summed E-state index contributed by atoms with van der Waals surface area (Å²) >= 11 is 8.23. The van der Waals surface area contributed by atoms with E-state index >= 15 is 0 Å². The normalized spacial score (nSPS) is 19.3. The third-order valence-electron chi connectivity index (χ3n) is 6.16. The average molecular weight is 530 g/mol. The largest absolute Gasteiger partial charge is 0.366 e. The zero-order chi connectivity index (χ0) is 20.4. The number of halogens is 2. The highest BCUT2D eigenvalue weighted by atomic mass is 127. The van der Waals surface area contributed by atoms with E-state index in [2.05, 4.69) is 25.7 Å². The van der Waals surface area contributed by atoms with Crippen molar-refractivity contribution < 1.29 is 4.79 Å². The SMILES string of the molecule is Cn1cc(Nc2ncc(Cl)c(NC3CCC4(CC3)CCN(C(=O)I)CC4)n2)cn1. The molecule has 0 unspecified atom stereocenters. The molecule has 1 saturated carbocycles. The number of nitrogens with one attached hydrogen (secondary N) is 2. The van der Waals surface area contributed by atoms with Crippen LogP contribution in [-0.2, 0) is 7.05 Å². The molecule has 156 valence electrons. The molecule has 1 aliphatic heterocycles. The van der Waals surface area contributed by atoms with Crippen LogP contribution in [0.2, 0.25) is 5.02 Å². The van der Waals surface area contributed by atoms with Crippen molar-refractivity contribution in [1.82, 2.24) is 24.6 Å². The van der Waals surface area contributed by atoms with E-state index in [9.17, 15) is 4.79 Å². The van der Waals surface area contributed by atoms with E-state index in [1.807, 2.05) is 40.7 Å². The smallest absolute Gasteiger partial charge is 0.283 e. The van der Waals surface area contributed by atoms with Crippen LogP contribution in [0.1, 0.15) is 38.5 Å². The van der Waals surface area contributed by atoms with E-state index in [4.69, 9.17) is 11.6 Å². The molecule has 10 heteroatoms. The van der Waals surface area contributed by atoms with Crippen molar-refractivity contribution >= 4 is 55.6 Å². The van der Waals surface area contributed by atoms with Gasteiger partial charge in [0, 0.05) is 55.0 Å². The quantitative estimate of drug-likeness (QED) is 0.342. The number of aryl methyl sites for hydroxylation is 1. The van der Waals surface area contributed by atoms with Crippen LogP contribution in [0.25, 0.3) is 0 Å². The van der Waals surface area contributed by atoms with Crippen molar-refractivity contribution in [1.29, 1.82) is 0 Å². The molecule has 0 atom stereocenters. The molecule has 2 aromatic heterocycles. The Bertz CT molecular complexity index is 871. The van der Waals surface area contributed by atoms with Crippen molar-refractivity contribution in [2.24, 2.45) is 12.5 Å². The Morgan fingerprint density at radius 2 is 1.97 bits per heavy atom. The Kier molecular flexibility index (Phi) is 6.14. The third kappa shape index (κ3) is 4.93. The second-order valence-corrected chi connectivity index (χ2v) is 9.41. The first-order valence-corrected chi connectivity index (χ1v) is 11.4. The molecule has 2 fully saturated rings. The van der Waals surface area contributed by atoms with Crippen molar-refractivity contribution in [3.8, 4) is 0 Å². The lowest BCUT2D eigenvalue weighted by Crippen LogP contribution is -2.44. The molecule has 2 N–H and O–H groups in total. The first-order chi connectivity index (χ1) is 13.9. The van der Waals surface area contributed by atoms with E-state index < -0.39 is 0 Å². The Balaban J connectivity index is 1.34. The summed E-state index contributed by atoms with van der Waals surface area (Å²) < 4.78 is 1.89. The number of anilines is 3. The summed E-state index contributed by atoms with van der Waals surface area (Å²) in [5.41, 5.74) is 1.22. The number of carbonyl (C=O) groups is 1. The Morgan fingerprint density at radius 3 is 2.59 bits per heavy atom. The molecule has 2 aliphatic rings. The summed E-state index contributed by atoms with van der Waals surface area (Å²) in [5.74, 6) is 1.16. The number of hydrogen-bond donors (Lipinski definition) is 2. The molecule has 1 aliphatic carbocycles. The van der Waals surface area contributed by atoms with Crippen molar-refractivity contribution in [3.63, 3.8) is 0 Å². The van der Waals surface area contributed by atoms with Crippen LogP contribution in [0.5, 0.6) is 0 Å². The third-order valence-corrected chi connectivity index (χ3v) is 7.12. The van der Waals surface area contributed by atoms with Crippen LogP contribution in [0, 0.1) is 5.41 Å². The van der Waals surface area contributed by atoms with Gasteiger partial charge >= 0.3 is 0 Å². The highest BCUT2D eigenvalue weighted by molar-refractivity contribution is 14.1. The van der Waals surface area contributed by atoms with Crippen molar-refractivity contribution in [3.05, 3.63) is 23.6 Å². The zero-order valence-electron chi connectivity index (χ0n) is 16.4. The lowest BCUT2D eigenvalue weighted by atomic mass is 9.67. The number of carbonyl (C=O) groups excluding carboxylic acids is 1. The molecule has 1 saturated heterocycles. The van der Waals surface area contributed by atoms with E-state index in [1.54, 1.807) is 17.1 Å². The number of nitrogens with zero attached hydrogens (tertiary/aromatic N) is 5. The lowest BCUT2D eigenvalue weighted by molar-refractivity contribution is 0.0850. The maximum Gasteiger partial charge on any atom is 0.283 e. The summed E-state index contributed by atoms with van der Waals surface area (Å²) in [7, 11) is 1.86. The first kappa shape index (κ1) is 20.6. The molecule has 1 spiro atoms. The molecule has 0 bridgehead atoms. The number of piperidine rings is 1. The summed E-state index contributed by atoms with van der Waals surface area (Å²) in [6.45, 7) is 1.78. The second-order valence-electron chi connectivity index (χ2n) is 8.08. The van der Waals surface area contributed by atoms with E-state index in [0.29, 0.717) is 28.2 Å². The van der Waals surface area contributed by atoms with Gasteiger partial charge in [-0.05, 0) is 43.9 Å². The predicted octanol–water partition coefficient (Wildman–Crippen LogP) is 4.60. The fourth-order valence-corrected chi connectivity index (χ4v) is 5.00. The highest BCUT2D eigenvalue weighted by Crippen LogP contribution is 2.45. The number of aromatic nitrogens is 4. The van der Waals surface area contributed by atoms with E-state index in [-0.39, 0.29) is 3.91 Å². The van der Waals surface area contributed by atoms with Gasteiger partial charge in [0.05, 0.1) is 18.1 Å². The molecular weight excluding hydrogens is 505 g/mol. The van der Waals surface area contributed by atoms with Crippen LogP contribution < -0.4 is 10.6 Å². The minimum Gasteiger partial charge on any atom is -0.366 e. The first-order valence-electron chi connectivity index (χ1n) is 9.92. The maximum absolute atomic E-state index is 11.6. The van der Waals surface area contributed by atoms with Gasteiger partial charge < -0.3 is 15.5 Å². The van der Waals surface area contributed by atoms with Gasteiger partial charge in [-0.1, -0.05) is 11.6 Å². The van der Waals surface area contributed by atoms with Gasteiger partial charge in [-0.3, -0.25) is 9.48 Å². The summed E-state index contributed by atoms with van der Waals surface area (Å²) in [6, 6.07) is 0.350. The van der Waals surface area contributed by atoms with Crippen LogP contribution in [0.15, 0.2) is 18.6 Å². The Morgan fingerprint density at radius 1 is 1.24 bits per heavy atom. The van der Waals surface area contributed by atoms with Gasteiger partial charge in [0.25, 0.3) is 3.91 Å². The molecule has 3 heterocycles. The fourth-order valence-electron chi connectivity index (χ4n) is 4.37. The Hall–Kier alpha value is -1.62. The number of likely N-dealkylation sites (tertiary alicyclic amines) is 1. The molecule has 1 amide bonds. The second kappa shape index (κ2) is 8.63. The van der Waals surface area contributed by atoms with Crippen LogP contribution >= 0.6 is 34.2 Å². The average Bonchev–Trinajstić information content (AvgIpc) is 3.11. The summed E-state index contributed by atoms with van der Waals surface area (Å²) in [6.07, 6.45) is 12.0. The van der Waals surface area contributed by atoms with Gasteiger partial charge in [0.1, 0.15) is 5.02 Å². The van der Waals surface area contributed by atoms with Crippen LogP contribution in [0.4, 0.5) is 22.2 Å². The zero-order valence-corrected chi connectivity index (χ0v) is 19.3. The molecule has 2 aromatic rings. The monoisotopic (exact) mass is 529 g/mol. The topological polar surface area (TPSA) is 88.0 Å². The highest BCUT2D eigenvalue weighted by Gasteiger charge is 2.38. The number of amides is 1. The van der Waals surface area contributed by atoms with Gasteiger partial charge in [-0.2, -0.15) is 10.1 Å².